The minimum atomic E-state index is -3.84. The first kappa shape index (κ1) is 12.2. The summed E-state index contributed by atoms with van der Waals surface area (Å²) in [6, 6.07) is 5.13. The minimum absolute atomic E-state index is 0.0235. The van der Waals surface area contributed by atoms with Crippen LogP contribution in [0.1, 0.15) is 20.7 Å². The maximum absolute atomic E-state index is 11.2. The first-order chi connectivity index (χ1) is 7.29. The maximum atomic E-state index is 11.2. The van der Waals surface area contributed by atoms with Gasteiger partial charge in [0.15, 0.2) is 0 Å². The molecule has 1 amide bonds. The third kappa shape index (κ3) is 3.35. The van der Waals surface area contributed by atoms with Gasteiger partial charge in [-0.15, -0.1) is 0 Å². The Balaban J connectivity index is 2.90. The number of rotatable bonds is 3. The molecule has 0 fully saturated rings. The number of hydrogen-bond acceptors (Lipinski definition) is 5. The number of carbonyl (C=O) groups excluding carboxylic acids is 2. The van der Waals surface area contributed by atoms with Crippen LogP contribution in [0.3, 0.4) is 0 Å². The third-order valence-corrected chi connectivity index (χ3v) is 2.09. The SMILES string of the molecule is CS(=O)(=O)OC(=O)c1ccc(C(N)=O)cc1. The average molecular weight is 243 g/mol. The van der Waals surface area contributed by atoms with E-state index in [4.69, 9.17) is 5.73 Å². The van der Waals surface area contributed by atoms with Crippen LogP contribution >= 0.6 is 0 Å². The van der Waals surface area contributed by atoms with E-state index in [1.165, 1.54) is 24.3 Å². The van der Waals surface area contributed by atoms with Crippen molar-refractivity contribution in [2.75, 3.05) is 6.26 Å². The summed E-state index contributed by atoms with van der Waals surface area (Å²) >= 11 is 0. The molecule has 0 saturated carbocycles. The normalized spacial score (nSPS) is 10.8. The Morgan fingerprint density at radius 1 is 1.12 bits per heavy atom. The van der Waals surface area contributed by atoms with Gasteiger partial charge in [-0.1, -0.05) is 0 Å². The molecule has 16 heavy (non-hydrogen) atoms. The Bertz CT molecular complexity index is 517. The Hall–Kier alpha value is -1.89. The van der Waals surface area contributed by atoms with E-state index in [9.17, 15) is 18.0 Å². The number of benzene rings is 1. The van der Waals surface area contributed by atoms with Gasteiger partial charge in [0.05, 0.1) is 11.8 Å². The zero-order chi connectivity index (χ0) is 12.3. The van der Waals surface area contributed by atoms with Crippen LogP contribution < -0.4 is 5.73 Å². The lowest BCUT2D eigenvalue weighted by molar-refractivity contribution is 0.0747. The summed E-state index contributed by atoms with van der Waals surface area (Å²) < 4.78 is 25.5. The summed E-state index contributed by atoms with van der Waals surface area (Å²) in [7, 11) is -3.84. The molecule has 2 N–H and O–H groups in total. The highest BCUT2D eigenvalue weighted by Gasteiger charge is 2.13. The van der Waals surface area contributed by atoms with Crippen LogP contribution in [0.2, 0.25) is 0 Å². The fourth-order valence-corrected chi connectivity index (χ4v) is 1.33. The topological polar surface area (TPSA) is 104 Å². The van der Waals surface area contributed by atoms with Crippen molar-refractivity contribution < 1.29 is 22.2 Å². The van der Waals surface area contributed by atoms with E-state index < -0.39 is 22.0 Å². The molecule has 7 heteroatoms. The second-order valence-corrected chi connectivity index (χ2v) is 4.59. The highest BCUT2D eigenvalue weighted by Crippen LogP contribution is 2.06. The fourth-order valence-electron chi connectivity index (χ4n) is 0.956. The number of carbonyl (C=O) groups is 2. The van der Waals surface area contributed by atoms with Crippen LogP contribution in [0.5, 0.6) is 0 Å². The summed E-state index contributed by atoms with van der Waals surface area (Å²) in [5.74, 6) is -1.64. The molecule has 0 heterocycles. The minimum Gasteiger partial charge on any atom is -0.366 e. The van der Waals surface area contributed by atoms with Crippen LogP contribution in [-0.4, -0.2) is 26.6 Å². The van der Waals surface area contributed by atoms with Gasteiger partial charge in [-0.05, 0) is 24.3 Å². The highest BCUT2D eigenvalue weighted by molar-refractivity contribution is 7.86. The second-order valence-electron chi connectivity index (χ2n) is 3.02. The Labute approximate surface area is 92.1 Å². The summed E-state index contributed by atoms with van der Waals surface area (Å²) in [4.78, 5) is 21.9. The molecule has 1 aromatic rings. The molecular weight excluding hydrogens is 234 g/mol. The second kappa shape index (κ2) is 4.31. The van der Waals surface area contributed by atoms with Gasteiger partial charge in [0.2, 0.25) is 5.91 Å². The van der Waals surface area contributed by atoms with Gasteiger partial charge >= 0.3 is 16.1 Å². The lowest BCUT2D eigenvalue weighted by Crippen LogP contribution is -2.13. The third-order valence-electron chi connectivity index (χ3n) is 1.63. The van der Waals surface area contributed by atoms with E-state index in [0.29, 0.717) is 0 Å². The zero-order valence-electron chi connectivity index (χ0n) is 8.34. The van der Waals surface area contributed by atoms with Crippen molar-refractivity contribution >= 4 is 22.0 Å². The van der Waals surface area contributed by atoms with Crippen molar-refractivity contribution in [3.8, 4) is 0 Å². The maximum Gasteiger partial charge on any atom is 0.353 e. The predicted octanol–water partition coefficient (Wildman–Crippen LogP) is -0.0981. The van der Waals surface area contributed by atoms with Crippen LogP contribution in [0, 0.1) is 0 Å². The molecule has 0 bridgehead atoms. The monoisotopic (exact) mass is 243 g/mol. The molecular formula is C9H9NO5S. The lowest BCUT2D eigenvalue weighted by atomic mass is 10.1. The summed E-state index contributed by atoms with van der Waals surface area (Å²) in [5.41, 5.74) is 5.23. The Morgan fingerprint density at radius 3 is 1.94 bits per heavy atom. The van der Waals surface area contributed by atoms with E-state index in [1.807, 2.05) is 0 Å². The van der Waals surface area contributed by atoms with Crippen LogP contribution in [0.25, 0.3) is 0 Å². The van der Waals surface area contributed by atoms with E-state index in [-0.39, 0.29) is 11.1 Å². The smallest absolute Gasteiger partial charge is 0.353 e. The fraction of sp³-hybridized carbons (Fsp3) is 0.111. The number of primary amides is 1. The molecule has 1 rings (SSSR count). The molecule has 0 saturated heterocycles. The van der Waals surface area contributed by atoms with Crippen LogP contribution in [0.15, 0.2) is 24.3 Å². The molecule has 0 unspecified atom stereocenters. The van der Waals surface area contributed by atoms with Gasteiger partial charge in [-0.3, -0.25) is 4.79 Å². The van der Waals surface area contributed by atoms with Crippen molar-refractivity contribution in [1.82, 2.24) is 0 Å². The number of amides is 1. The molecule has 0 aromatic heterocycles. The zero-order valence-corrected chi connectivity index (χ0v) is 9.15. The van der Waals surface area contributed by atoms with Crippen molar-refractivity contribution in [3.63, 3.8) is 0 Å². The molecule has 0 aliphatic rings. The molecule has 0 aliphatic heterocycles. The van der Waals surface area contributed by atoms with Gasteiger partial charge in [0.25, 0.3) is 0 Å². The van der Waals surface area contributed by atoms with Crippen molar-refractivity contribution in [3.05, 3.63) is 35.4 Å². The van der Waals surface area contributed by atoms with Crippen molar-refractivity contribution in [2.45, 2.75) is 0 Å². The molecule has 0 aliphatic carbocycles. The number of nitrogens with two attached hydrogens (primary N) is 1. The molecule has 0 radical (unpaired) electrons. The van der Waals surface area contributed by atoms with Crippen LogP contribution in [0.4, 0.5) is 0 Å². The van der Waals surface area contributed by atoms with Gasteiger partial charge in [-0.2, -0.15) is 8.42 Å². The largest absolute Gasteiger partial charge is 0.366 e. The summed E-state index contributed by atoms with van der Waals surface area (Å²) in [6.45, 7) is 0. The Morgan fingerprint density at radius 2 is 1.56 bits per heavy atom. The standard InChI is InChI=1S/C9H9NO5S/c1-16(13,14)15-9(12)7-4-2-6(3-5-7)8(10)11/h2-5H,1H3,(H2,10,11). The summed E-state index contributed by atoms with van der Waals surface area (Å²) in [5, 5.41) is 0. The first-order valence-electron chi connectivity index (χ1n) is 4.13. The molecule has 86 valence electrons. The van der Waals surface area contributed by atoms with Crippen molar-refractivity contribution in [2.24, 2.45) is 5.73 Å². The summed E-state index contributed by atoms with van der Waals surface area (Å²) in [6.07, 6.45) is 0.767. The molecule has 6 nitrogen and oxygen atoms in total. The lowest BCUT2D eigenvalue weighted by Gasteiger charge is -2.01. The van der Waals surface area contributed by atoms with E-state index in [2.05, 4.69) is 4.18 Å². The van der Waals surface area contributed by atoms with E-state index >= 15 is 0 Å². The van der Waals surface area contributed by atoms with Crippen LogP contribution in [-0.2, 0) is 14.3 Å². The molecule has 0 spiro atoms. The first-order valence-corrected chi connectivity index (χ1v) is 5.95. The predicted molar refractivity (Wildman–Crippen MR) is 55.2 cm³/mol. The Kier molecular flexibility index (Phi) is 3.28. The van der Waals surface area contributed by atoms with Gasteiger partial charge in [-0.25, -0.2) is 4.79 Å². The van der Waals surface area contributed by atoms with Gasteiger partial charge in [0, 0.05) is 5.56 Å². The average Bonchev–Trinajstić information content (AvgIpc) is 2.15. The van der Waals surface area contributed by atoms with Gasteiger partial charge in [0.1, 0.15) is 0 Å². The molecule has 0 atom stereocenters. The highest BCUT2D eigenvalue weighted by atomic mass is 32.2. The van der Waals surface area contributed by atoms with E-state index in [1.54, 1.807) is 0 Å². The van der Waals surface area contributed by atoms with E-state index in [0.717, 1.165) is 6.26 Å². The quantitative estimate of drug-likeness (QED) is 0.746. The van der Waals surface area contributed by atoms with Gasteiger partial charge < -0.3 is 9.92 Å². The molecule has 1 aromatic carbocycles. The number of hydrogen-bond donors (Lipinski definition) is 1. The van der Waals surface area contributed by atoms with Crippen molar-refractivity contribution in [1.29, 1.82) is 0 Å².